The quantitative estimate of drug-likeness (QED) is 0.524. The van der Waals surface area contributed by atoms with E-state index < -0.39 is 0 Å². The van der Waals surface area contributed by atoms with Gasteiger partial charge in [0.15, 0.2) is 5.78 Å². The number of Topliss-reactive ketones (excluding diaryl/α,β-unsaturated/α-hetero) is 1. The van der Waals surface area contributed by atoms with Gasteiger partial charge in [-0.3, -0.25) is 4.79 Å². The van der Waals surface area contributed by atoms with E-state index in [1.807, 2.05) is 30.3 Å². The molecule has 0 saturated carbocycles. The van der Waals surface area contributed by atoms with Crippen LogP contribution in [0.5, 0.6) is 0 Å². The van der Waals surface area contributed by atoms with E-state index in [1.165, 1.54) is 24.6 Å². The molecule has 19 heavy (non-hydrogen) atoms. The Morgan fingerprint density at radius 1 is 1.05 bits per heavy atom. The molecule has 0 aliphatic carbocycles. The van der Waals surface area contributed by atoms with Crippen molar-refractivity contribution in [3.63, 3.8) is 0 Å². The lowest BCUT2D eigenvalue weighted by atomic mass is 10.1. The number of carbonyl (C=O) groups is 1. The monoisotopic (exact) mass is 272 g/mol. The molecule has 0 spiro atoms. The van der Waals surface area contributed by atoms with Crippen molar-refractivity contribution in [2.24, 2.45) is 0 Å². The zero-order valence-corrected chi connectivity index (χ0v) is 12.2. The standard InChI is InChI=1S/C17H20OS/c1-2-3-6-11-19-13-17(18)16-10-9-14-7-4-5-8-15(14)12-16/h4-5,7-10,12H,2-3,6,11,13H2,1H3. The Morgan fingerprint density at radius 3 is 2.63 bits per heavy atom. The second-order valence-electron chi connectivity index (χ2n) is 4.74. The number of ketones is 1. The summed E-state index contributed by atoms with van der Waals surface area (Å²) < 4.78 is 0. The first-order valence-electron chi connectivity index (χ1n) is 6.91. The van der Waals surface area contributed by atoms with Gasteiger partial charge in [-0.15, -0.1) is 0 Å². The van der Waals surface area contributed by atoms with Crippen LogP contribution in [0, 0.1) is 0 Å². The zero-order chi connectivity index (χ0) is 13.5. The van der Waals surface area contributed by atoms with Crippen molar-refractivity contribution < 1.29 is 4.79 Å². The fourth-order valence-electron chi connectivity index (χ4n) is 2.07. The molecule has 2 aromatic carbocycles. The molecule has 0 aliphatic rings. The summed E-state index contributed by atoms with van der Waals surface area (Å²) in [5, 5.41) is 2.33. The van der Waals surface area contributed by atoms with Gasteiger partial charge in [-0.05, 0) is 29.0 Å². The third-order valence-electron chi connectivity index (χ3n) is 3.20. The number of rotatable bonds is 7. The van der Waals surface area contributed by atoms with Crippen molar-refractivity contribution in [2.75, 3.05) is 11.5 Å². The molecule has 0 amide bonds. The minimum atomic E-state index is 0.243. The SMILES string of the molecule is CCCCCSCC(=O)c1ccc2ccccc2c1. The van der Waals surface area contributed by atoms with Crippen molar-refractivity contribution in [1.82, 2.24) is 0 Å². The summed E-state index contributed by atoms with van der Waals surface area (Å²) in [6.07, 6.45) is 3.71. The summed E-state index contributed by atoms with van der Waals surface area (Å²) in [6.45, 7) is 2.20. The van der Waals surface area contributed by atoms with Crippen LogP contribution < -0.4 is 0 Å². The van der Waals surface area contributed by atoms with Crippen LogP contribution in [0.25, 0.3) is 10.8 Å². The fraction of sp³-hybridized carbons (Fsp3) is 0.353. The maximum absolute atomic E-state index is 12.1. The molecular formula is C17H20OS. The topological polar surface area (TPSA) is 17.1 Å². The first-order valence-corrected chi connectivity index (χ1v) is 8.06. The number of hydrogen-bond acceptors (Lipinski definition) is 2. The van der Waals surface area contributed by atoms with Gasteiger partial charge in [-0.25, -0.2) is 0 Å². The Kier molecular flexibility index (Phi) is 5.46. The molecule has 0 bridgehead atoms. The van der Waals surface area contributed by atoms with Crippen molar-refractivity contribution >= 4 is 28.3 Å². The van der Waals surface area contributed by atoms with Gasteiger partial charge >= 0.3 is 0 Å². The Morgan fingerprint density at radius 2 is 1.84 bits per heavy atom. The van der Waals surface area contributed by atoms with Crippen LogP contribution in [-0.4, -0.2) is 17.3 Å². The van der Waals surface area contributed by atoms with Crippen LogP contribution in [0.1, 0.15) is 36.5 Å². The van der Waals surface area contributed by atoms with E-state index in [0.29, 0.717) is 5.75 Å². The van der Waals surface area contributed by atoms with Crippen LogP contribution >= 0.6 is 11.8 Å². The number of fused-ring (bicyclic) bond motifs is 1. The van der Waals surface area contributed by atoms with Crippen molar-refractivity contribution in [1.29, 1.82) is 0 Å². The van der Waals surface area contributed by atoms with Gasteiger partial charge in [0.2, 0.25) is 0 Å². The van der Waals surface area contributed by atoms with E-state index in [2.05, 4.69) is 19.1 Å². The Labute approximate surface area is 119 Å². The van der Waals surface area contributed by atoms with Gasteiger partial charge in [-0.1, -0.05) is 56.2 Å². The van der Waals surface area contributed by atoms with Crippen molar-refractivity contribution in [3.8, 4) is 0 Å². The smallest absolute Gasteiger partial charge is 0.172 e. The second kappa shape index (κ2) is 7.34. The average Bonchev–Trinajstić information content (AvgIpc) is 2.46. The summed E-state index contributed by atoms with van der Waals surface area (Å²) in [5.74, 6) is 1.93. The summed E-state index contributed by atoms with van der Waals surface area (Å²) in [6, 6.07) is 14.1. The van der Waals surface area contributed by atoms with Crippen molar-refractivity contribution in [3.05, 3.63) is 48.0 Å². The number of unbranched alkanes of at least 4 members (excludes halogenated alkanes) is 2. The molecule has 1 nitrogen and oxygen atoms in total. The lowest BCUT2D eigenvalue weighted by molar-refractivity contribution is 0.102. The second-order valence-corrected chi connectivity index (χ2v) is 5.85. The van der Waals surface area contributed by atoms with Gasteiger partial charge in [0, 0.05) is 5.56 Å². The predicted molar refractivity (Wildman–Crippen MR) is 85.1 cm³/mol. The first-order chi connectivity index (χ1) is 9.31. The third-order valence-corrected chi connectivity index (χ3v) is 4.24. The van der Waals surface area contributed by atoms with E-state index in [-0.39, 0.29) is 5.78 Å². The predicted octanol–water partition coefficient (Wildman–Crippen LogP) is 4.95. The lowest BCUT2D eigenvalue weighted by Crippen LogP contribution is -2.02. The molecule has 2 rings (SSSR count). The van der Waals surface area contributed by atoms with E-state index in [9.17, 15) is 4.79 Å². The lowest BCUT2D eigenvalue weighted by Gasteiger charge is -2.03. The third kappa shape index (κ3) is 4.10. The van der Waals surface area contributed by atoms with Gasteiger partial charge in [0.1, 0.15) is 0 Å². The highest BCUT2D eigenvalue weighted by Crippen LogP contribution is 2.17. The molecule has 0 saturated heterocycles. The number of benzene rings is 2. The van der Waals surface area contributed by atoms with E-state index >= 15 is 0 Å². The fourth-order valence-corrected chi connectivity index (χ4v) is 2.97. The molecule has 0 radical (unpaired) electrons. The Bertz CT molecular complexity index is 548. The highest BCUT2D eigenvalue weighted by Gasteiger charge is 2.06. The largest absolute Gasteiger partial charge is 0.293 e. The van der Waals surface area contributed by atoms with Gasteiger partial charge in [0.25, 0.3) is 0 Å². The first kappa shape index (κ1) is 14.1. The molecule has 0 aromatic heterocycles. The van der Waals surface area contributed by atoms with Crippen LogP contribution in [0.15, 0.2) is 42.5 Å². The molecule has 0 heterocycles. The van der Waals surface area contributed by atoms with Crippen LogP contribution in [0.3, 0.4) is 0 Å². The van der Waals surface area contributed by atoms with E-state index in [0.717, 1.165) is 16.7 Å². The molecule has 100 valence electrons. The van der Waals surface area contributed by atoms with E-state index in [1.54, 1.807) is 11.8 Å². The normalized spacial score (nSPS) is 10.8. The van der Waals surface area contributed by atoms with Crippen LogP contribution in [0.4, 0.5) is 0 Å². The Balaban J connectivity index is 1.93. The number of hydrogen-bond donors (Lipinski definition) is 0. The maximum atomic E-state index is 12.1. The number of carbonyl (C=O) groups excluding carboxylic acids is 1. The van der Waals surface area contributed by atoms with Gasteiger partial charge in [0.05, 0.1) is 5.75 Å². The Hall–Kier alpha value is -1.28. The molecule has 0 N–H and O–H groups in total. The summed E-state index contributed by atoms with van der Waals surface area (Å²) >= 11 is 1.75. The van der Waals surface area contributed by atoms with E-state index in [4.69, 9.17) is 0 Å². The number of thioether (sulfide) groups is 1. The van der Waals surface area contributed by atoms with Gasteiger partial charge in [-0.2, -0.15) is 11.8 Å². The molecule has 0 atom stereocenters. The molecular weight excluding hydrogens is 252 g/mol. The minimum absolute atomic E-state index is 0.243. The highest BCUT2D eigenvalue weighted by atomic mass is 32.2. The zero-order valence-electron chi connectivity index (χ0n) is 11.4. The van der Waals surface area contributed by atoms with Gasteiger partial charge < -0.3 is 0 Å². The highest BCUT2D eigenvalue weighted by molar-refractivity contribution is 7.99. The van der Waals surface area contributed by atoms with Crippen molar-refractivity contribution in [2.45, 2.75) is 26.2 Å². The van der Waals surface area contributed by atoms with Crippen LogP contribution in [0.2, 0.25) is 0 Å². The minimum Gasteiger partial charge on any atom is -0.293 e. The maximum Gasteiger partial charge on any atom is 0.172 e. The average molecular weight is 272 g/mol. The molecule has 2 heteroatoms. The molecule has 0 aliphatic heterocycles. The summed E-state index contributed by atoms with van der Waals surface area (Å²) in [7, 11) is 0. The molecule has 2 aromatic rings. The summed E-state index contributed by atoms with van der Waals surface area (Å²) in [5.41, 5.74) is 0.835. The summed E-state index contributed by atoms with van der Waals surface area (Å²) in [4.78, 5) is 12.1. The molecule has 0 unspecified atom stereocenters. The van der Waals surface area contributed by atoms with Crippen LogP contribution in [-0.2, 0) is 0 Å². The molecule has 0 fully saturated rings.